The highest BCUT2D eigenvalue weighted by atomic mass is 79.9. The van der Waals surface area contributed by atoms with E-state index in [1.807, 2.05) is 19.1 Å². The van der Waals surface area contributed by atoms with Crippen LogP contribution in [0.4, 0.5) is 5.82 Å². The predicted octanol–water partition coefficient (Wildman–Crippen LogP) is 4.18. The highest BCUT2D eigenvalue weighted by Crippen LogP contribution is 2.17. The molecule has 3 nitrogen and oxygen atoms in total. The molecule has 2 rings (SSSR count). The Kier molecular flexibility index (Phi) is 5.10. The molecule has 0 spiro atoms. The van der Waals surface area contributed by atoms with Gasteiger partial charge in [0.25, 0.3) is 0 Å². The molecular weight excluding hydrogens is 324 g/mol. The summed E-state index contributed by atoms with van der Waals surface area (Å²) in [7, 11) is 0. The van der Waals surface area contributed by atoms with E-state index < -0.39 is 0 Å². The minimum Gasteiger partial charge on any atom is -0.310 e. The second kappa shape index (κ2) is 6.82. The Morgan fingerprint density at radius 2 is 2.37 bits per heavy atom. The van der Waals surface area contributed by atoms with Crippen molar-refractivity contribution in [3.8, 4) is 0 Å². The van der Waals surface area contributed by atoms with E-state index >= 15 is 0 Å². The summed E-state index contributed by atoms with van der Waals surface area (Å²) in [6, 6.07) is 6.08. The number of halogens is 1. The van der Waals surface area contributed by atoms with E-state index in [0.29, 0.717) is 12.2 Å². The minimum absolute atomic E-state index is 0.0227. The van der Waals surface area contributed by atoms with Gasteiger partial charge in [-0.1, -0.05) is 6.07 Å². The maximum Gasteiger partial charge on any atom is 0.225 e. The van der Waals surface area contributed by atoms with Gasteiger partial charge >= 0.3 is 0 Å². The van der Waals surface area contributed by atoms with E-state index in [1.165, 1.54) is 4.88 Å². The minimum atomic E-state index is 0.0227. The monoisotopic (exact) mass is 338 g/mol. The molecule has 0 unspecified atom stereocenters. The smallest absolute Gasteiger partial charge is 0.225 e. The molecule has 0 aliphatic carbocycles. The molecule has 19 heavy (non-hydrogen) atoms. The number of thiophene rings is 1. The van der Waals surface area contributed by atoms with Crippen LogP contribution in [0.15, 0.2) is 34.2 Å². The average molecular weight is 339 g/mol. The van der Waals surface area contributed by atoms with Crippen LogP contribution in [0, 0.1) is 6.92 Å². The summed E-state index contributed by atoms with van der Waals surface area (Å²) in [5.74, 6) is 0.666. The SMILES string of the molecule is Cc1cc(Br)cnc1NC(=O)CCCc1cccs1. The first kappa shape index (κ1) is 14.2. The van der Waals surface area contributed by atoms with Crippen molar-refractivity contribution in [1.29, 1.82) is 0 Å². The Bertz CT molecular complexity index is 555. The normalized spacial score (nSPS) is 10.4. The van der Waals surface area contributed by atoms with Crippen molar-refractivity contribution in [2.24, 2.45) is 0 Å². The number of amides is 1. The summed E-state index contributed by atoms with van der Waals surface area (Å²) >= 11 is 5.09. The maximum atomic E-state index is 11.8. The van der Waals surface area contributed by atoms with E-state index in [-0.39, 0.29) is 5.91 Å². The molecule has 0 aliphatic rings. The fourth-order valence-corrected chi connectivity index (χ4v) is 2.94. The van der Waals surface area contributed by atoms with Gasteiger partial charge < -0.3 is 5.32 Å². The zero-order valence-electron chi connectivity index (χ0n) is 10.6. The number of pyridine rings is 1. The van der Waals surface area contributed by atoms with E-state index in [4.69, 9.17) is 0 Å². The largest absolute Gasteiger partial charge is 0.310 e. The number of rotatable bonds is 5. The van der Waals surface area contributed by atoms with Gasteiger partial charge in [-0.3, -0.25) is 4.79 Å². The third-order valence-corrected chi connectivity index (χ3v) is 4.08. The molecule has 0 saturated heterocycles. The first-order valence-electron chi connectivity index (χ1n) is 6.09. The number of anilines is 1. The van der Waals surface area contributed by atoms with E-state index in [9.17, 15) is 4.79 Å². The Labute approximate surface area is 125 Å². The topological polar surface area (TPSA) is 42.0 Å². The number of carbonyl (C=O) groups excluding carboxylic acids is 1. The van der Waals surface area contributed by atoms with Crippen LogP contribution in [0.5, 0.6) is 0 Å². The molecule has 0 saturated carbocycles. The van der Waals surface area contributed by atoms with E-state index in [0.717, 1.165) is 22.9 Å². The van der Waals surface area contributed by atoms with Crippen molar-refractivity contribution in [3.63, 3.8) is 0 Å². The molecule has 1 N–H and O–H groups in total. The van der Waals surface area contributed by atoms with Crippen molar-refractivity contribution in [1.82, 2.24) is 4.98 Å². The molecule has 0 fully saturated rings. The highest BCUT2D eigenvalue weighted by molar-refractivity contribution is 9.10. The predicted molar refractivity (Wildman–Crippen MR) is 82.6 cm³/mol. The van der Waals surface area contributed by atoms with Gasteiger partial charge in [0.15, 0.2) is 0 Å². The molecule has 2 heterocycles. The van der Waals surface area contributed by atoms with Crippen molar-refractivity contribution < 1.29 is 4.79 Å². The fraction of sp³-hybridized carbons (Fsp3) is 0.286. The lowest BCUT2D eigenvalue weighted by atomic mass is 10.2. The van der Waals surface area contributed by atoms with Crippen LogP contribution in [-0.4, -0.2) is 10.9 Å². The second-order valence-corrected chi connectivity index (χ2v) is 6.25. The fourth-order valence-electron chi connectivity index (χ4n) is 1.74. The van der Waals surface area contributed by atoms with Crippen LogP contribution in [-0.2, 0) is 11.2 Å². The van der Waals surface area contributed by atoms with Crippen molar-refractivity contribution in [3.05, 3.63) is 44.7 Å². The standard InChI is InChI=1S/C14H15BrN2OS/c1-10-8-11(15)9-16-14(10)17-13(18)6-2-4-12-5-3-7-19-12/h3,5,7-9H,2,4,6H2,1H3,(H,16,17,18). The Morgan fingerprint density at radius 3 is 3.05 bits per heavy atom. The molecule has 0 atom stereocenters. The summed E-state index contributed by atoms with van der Waals surface area (Å²) in [6.07, 6.45) is 4.03. The van der Waals surface area contributed by atoms with Crippen molar-refractivity contribution in [2.45, 2.75) is 26.2 Å². The van der Waals surface area contributed by atoms with Gasteiger partial charge in [-0.05, 0) is 58.8 Å². The molecule has 100 valence electrons. The molecule has 1 amide bonds. The zero-order valence-corrected chi connectivity index (χ0v) is 13.1. The van der Waals surface area contributed by atoms with Crippen molar-refractivity contribution >= 4 is 39.0 Å². The molecule has 5 heteroatoms. The highest BCUT2D eigenvalue weighted by Gasteiger charge is 2.06. The van der Waals surface area contributed by atoms with E-state index in [1.54, 1.807) is 17.5 Å². The van der Waals surface area contributed by atoms with Gasteiger partial charge in [-0.2, -0.15) is 0 Å². The molecule has 0 aromatic carbocycles. The Morgan fingerprint density at radius 1 is 1.53 bits per heavy atom. The number of nitrogens with zero attached hydrogens (tertiary/aromatic N) is 1. The molecule has 2 aromatic heterocycles. The zero-order chi connectivity index (χ0) is 13.7. The number of carbonyl (C=O) groups is 1. The van der Waals surface area contributed by atoms with Crippen LogP contribution < -0.4 is 5.32 Å². The molecule has 0 aliphatic heterocycles. The number of aryl methyl sites for hydroxylation is 2. The number of nitrogens with one attached hydrogen (secondary N) is 1. The molecular formula is C14H15BrN2OS. The second-order valence-electron chi connectivity index (χ2n) is 4.30. The number of hydrogen-bond donors (Lipinski definition) is 1. The first-order chi connectivity index (χ1) is 9.15. The molecule has 0 radical (unpaired) electrons. The lowest BCUT2D eigenvalue weighted by Gasteiger charge is -2.07. The van der Waals surface area contributed by atoms with Gasteiger partial charge in [0, 0.05) is 22.0 Å². The summed E-state index contributed by atoms with van der Waals surface area (Å²) in [5.41, 5.74) is 0.959. The molecule has 2 aromatic rings. The quantitative estimate of drug-likeness (QED) is 0.888. The average Bonchev–Trinajstić information content (AvgIpc) is 2.86. The summed E-state index contributed by atoms with van der Waals surface area (Å²) < 4.78 is 0.917. The van der Waals surface area contributed by atoms with E-state index in [2.05, 4.69) is 37.7 Å². The van der Waals surface area contributed by atoms with Crippen LogP contribution in [0.1, 0.15) is 23.3 Å². The Hall–Kier alpha value is -1.20. The lowest BCUT2D eigenvalue weighted by Crippen LogP contribution is -2.13. The molecule has 0 bridgehead atoms. The third-order valence-electron chi connectivity index (χ3n) is 2.71. The number of hydrogen-bond acceptors (Lipinski definition) is 3. The third kappa shape index (κ3) is 4.44. The van der Waals surface area contributed by atoms with Gasteiger partial charge in [0.2, 0.25) is 5.91 Å². The summed E-state index contributed by atoms with van der Waals surface area (Å²) in [4.78, 5) is 17.3. The van der Waals surface area contributed by atoms with Gasteiger partial charge in [-0.25, -0.2) is 4.98 Å². The van der Waals surface area contributed by atoms with Gasteiger partial charge in [0.1, 0.15) is 5.82 Å². The van der Waals surface area contributed by atoms with Gasteiger partial charge in [-0.15, -0.1) is 11.3 Å². The van der Waals surface area contributed by atoms with Gasteiger partial charge in [0.05, 0.1) is 0 Å². The first-order valence-corrected chi connectivity index (χ1v) is 7.77. The van der Waals surface area contributed by atoms with Crippen LogP contribution in [0.25, 0.3) is 0 Å². The van der Waals surface area contributed by atoms with Crippen LogP contribution in [0.2, 0.25) is 0 Å². The summed E-state index contributed by atoms with van der Waals surface area (Å²) in [5, 5.41) is 4.91. The Balaban J connectivity index is 1.80. The van der Waals surface area contributed by atoms with Crippen LogP contribution >= 0.6 is 27.3 Å². The number of aromatic nitrogens is 1. The maximum absolute atomic E-state index is 11.8. The van der Waals surface area contributed by atoms with Crippen molar-refractivity contribution in [2.75, 3.05) is 5.32 Å². The lowest BCUT2D eigenvalue weighted by molar-refractivity contribution is -0.116. The summed E-state index contributed by atoms with van der Waals surface area (Å²) in [6.45, 7) is 1.93. The van der Waals surface area contributed by atoms with Crippen LogP contribution in [0.3, 0.4) is 0 Å².